The zero-order valence-electron chi connectivity index (χ0n) is 18.2. The molecule has 1 amide bonds. The third-order valence-electron chi connectivity index (χ3n) is 3.81. The lowest BCUT2D eigenvalue weighted by molar-refractivity contribution is -0.192. The van der Waals surface area contributed by atoms with Crippen molar-refractivity contribution < 1.29 is 48.4 Å². The minimum Gasteiger partial charge on any atom is -0.457 e. The number of aliphatic hydroxyl groups is 2. The van der Waals surface area contributed by atoms with Gasteiger partial charge in [0.1, 0.15) is 24.9 Å². The molecule has 1 rings (SSSR count). The lowest BCUT2D eigenvalue weighted by Gasteiger charge is -2.29. The number of Topliss-reactive ketones (excluding diaryl/α,β-unsaturated/α-hetero) is 2. The Morgan fingerprint density at radius 1 is 1.03 bits per heavy atom. The summed E-state index contributed by atoms with van der Waals surface area (Å²) in [5, 5.41) is 20.9. The predicted molar refractivity (Wildman–Crippen MR) is 108 cm³/mol. The van der Waals surface area contributed by atoms with Crippen LogP contribution < -0.4 is 5.32 Å². The molecule has 0 aromatic heterocycles. The molecule has 1 aromatic rings. The third kappa shape index (κ3) is 7.43. The molecule has 0 spiro atoms. The second-order valence-electron chi connectivity index (χ2n) is 7.69. The molecule has 1 aromatic carbocycles. The average Bonchev–Trinajstić information content (AvgIpc) is 2.72. The molecule has 0 heterocycles. The molecule has 32 heavy (non-hydrogen) atoms. The summed E-state index contributed by atoms with van der Waals surface area (Å²) in [5.74, 6) is -6.01. The van der Waals surface area contributed by atoms with Crippen LogP contribution in [0.25, 0.3) is 0 Å². The highest BCUT2D eigenvalue weighted by molar-refractivity contribution is 6.28. The monoisotopic (exact) mass is 453 g/mol. The van der Waals surface area contributed by atoms with Crippen molar-refractivity contribution in [1.82, 2.24) is 5.32 Å². The first kappa shape index (κ1) is 26.7. The van der Waals surface area contributed by atoms with Gasteiger partial charge in [0.25, 0.3) is 0 Å². The maximum absolute atomic E-state index is 12.9. The Morgan fingerprint density at radius 2 is 1.62 bits per heavy atom. The van der Waals surface area contributed by atoms with Crippen LogP contribution in [0.1, 0.15) is 33.3 Å². The van der Waals surface area contributed by atoms with Crippen LogP contribution in [-0.4, -0.2) is 70.3 Å². The first-order valence-electron chi connectivity index (χ1n) is 9.60. The Balaban J connectivity index is 3.24. The van der Waals surface area contributed by atoms with Gasteiger partial charge in [-0.2, -0.15) is 0 Å². The highest BCUT2D eigenvalue weighted by Crippen LogP contribution is 2.21. The van der Waals surface area contributed by atoms with Gasteiger partial charge in [-0.3, -0.25) is 9.59 Å². The van der Waals surface area contributed by atoms with E-state index >= 15 is 0 Å². The maximum atomic E-state index is 12.9. The Hall–Kier alpha value is -3.31. The lowest BCUT2D eigenvalue weighted by Crippen LogP contribution is -2.62. The summed E-state index contributed by atoms with van der Waals surface area (Å²) in [5.41, 5.74) is -3.66. The molecule has 11 nitrogen and oxygen atoms in total. The van der Waals surface area contributed by atoms with Crippen molar-refractivity contribution >= 4 is 29.6 Å². The van der Waals surface area contributed by atoms with E-state index in [1.54, 1.807) is 51.1 Å². The third-order valence-corrected chi connectivity index (χ3v) is 3.81. The first-order chi connectivity index (χ1) is 14.8. The average molecular weight is 453 g/mol. The van der Waals surface area contributed by atoms with E-state index in [0.717, 1.165) is 6.92 Å². The van der Waals surface area contributed by atoms with Crippen LogP contribution in [-0.2, 0) is 40.0 Å². The second-order valence-corrected chi connectivity index (χ2v) is 7.69. The van der Waals surface area contributed by atoms with Crippen LogP contribution in [0.2, 0.25) is 0 Å². The molecule has 0 saturated carbocycles. The number of aliphatic hydroxyl groups excluding tert-OH is 2. The molecule has 176 valence electrons. The van der Waals surface area contributed by atoms with Gasteiger partial charge in [0.2, 0.25) is 11.6 Å². The van der Waals surface area contributed by atoms with E-state index in [4.69, 9.17) is 19.3 Å². The SMILES string of the molecule is CC(O)C(=O)C(OC(=O)CO)(C(=O)CNC(=O)OC(C)(C)C)C(=O)OCc1ccccc1. The number of benzene rings is 1. The van der Waals surface area contributed by atoms with Crippen LogP contribution in [0, 0.1) is 0 Å². The van der Waals surface area contributed by atoms with Gasteiger partial charge in [-0.25, -0.2) is 14.4 Å². The van der Waals surface area contributed by atoms with Gasteiger partial charge in [0.05, 0.1) is 6.54 Å². The van der Waals surface area contributed by atoms with E-state index in [1.807, 2.05) is 0 Å². The molecule has 11 heteroatoms. The van der Waals surface area contributed by atoms with Gasteiger partial charge >= 0.3 is 23.6 Å². The van der Waals surface area contributed by atoms with Gasteiger partial charge in [-0.15, -0.1) is 0 Å². The standard InChI is InChI=1S/C21H27NO10/c1-13(24)17(27)21(31-16(26)11-23,15(25)10-22-19(29)32-20(2,3)4)18(28)30-12-14-8-6-5-7-9-14/h5-9,13,23-24H,10-12H2,1-4H3,(H,22,29). The van der Waals surface area contributed by atoms with Gasteiger partial charge in [-0.1, -0.05) is 30.3 Å². The van der Waals surface area contributed by atoms with Gasteiger partial charge in [0.15, 0.2) is 0 Å². The van der Waals surface area contributed by atoms with E-state index in [1.165, 1.54) is 0 Å². The highest BCUT2D eigenvalue weighted by atomic mass is 16.6. The number of ether oxygens (including phenoxy) is 3. The Labute approximate surface area is 184 Å². The van der Waals surface area contributed by atoms with Crippen molar-refractivity contribution in [1.29, 1.82) is 0 Å². The molecule has 0 aliphatic carbocycles. The van der Waals surface area contributed by atoms with E-state index in [0.29, 0.717) is 5.56 Å². The lowest BCUT2D eigenvalue weighted by atomic mass is 9.89. The number of nitrogens with one attached hydrogen (secondary N) is 1. The van der Waals surface area contributed by atoms with E-state index in [2.05, 4.69) is 5.32 Å². The Kier molecular flexibility index (Phi) is 9.48. The van der Waals surface area contributed by atoms with Crippen LogP contribution >= 0.6 is 0 Å². The molecular formula is C21H27NO10. The molecule has 0 aliphatic heterocycles. The number of esters is 2. The maximum Gasteiger partial charge on any atom is 0.408 e. The number of carbonyl (C=O) groups is 5. The number of hydrogen-bond donors (Lipinski definition) is 3. The summed E-state index contributed by atoms with van der Waals surface area (Å²) in [4.78, 5) is 62.2. The van der Waals surface area contributed by atoms with Crippen molar-refractivity contribution in [3.8, 4) is 0 Å². The summed E-state index contributed by atoms with van der Waals surface area (Å²) in [7, 11) is 0. The highest BCUT2D eigenvalue weighted by Gasteiger charge is 2.58. The number of ketones is 2. The van der Waals surface area contributed by atoms with Crippen LogP contribution in [0.4, 0.5) is 4.79 Å². The van der Waals surface area contributed by atoms with Crippen molar-refractivity contribution in [2.45, 2.75) is 51.6 Å². The summed E-state index contributed by atoms with van der Waals surface area (Å²) in [6.07, 6.45) is -2.98. The van der Waals surface area contributed by atoms with Gasteiger partial charge in [0, 0.05) is 0 Å². The Bertz CT molecular complexity index is 844. The van der Waals surface area contributed by atoms with Gasteiger partial charge in [-0.05, 0) is 33.3 Å². The number of rotatable bonds is 10. The summed E-state index contributed by atoms with van der Waals surface area (Å²) < 4.78 is 14.7. The molecule has 0 radical (unpaired) electrons. The van der Waals surface area contributed by atoms with Crippen LogP contribution in [0.3, 0.4) is 0 Å². The zero-order chi connectivity index (χ0) is 24.5. The summed E-state index contributed by atoms with van der Waals surface area (Å²) in [6.45, 7) is 3.01. The van der Waals surface area contributed by atoms with Crippen molar-refractivity contribution in [2.75, 3.05) is 13.2 Å². The largest absolute Gasteiger partial charge is 0.457 e. The molecule has 2 atom stereocenters. The fourth-order valence-electron chi connectivity index (χ4n) is 2.41. The number of hydrogen-bond acceptors (Lipinski definition) is 10. The van der Waals surface area contributed by atoms with Crippen LogP contribution in [0.15, 0.2) is 30.3 Å². The molecule has 0 aliphatic rings. The molecule has 0 fully saturated rings. The van der Waals surface area contributed by atoms with Crippen molar-refractivity contribution in [3.63, 3.8) is 0 Å². The molecule has 3 N–H and O–H groups in total. The number of alkyl carbamates (subject to hydrolysis) is 1. The van der Waals surface area contributed by atoms with Gasteiger partial charge < -0.3 is 29.7 Å². The fourth-order valence-corrected chi connectivity index (χ4v) is 2.41. The smallest absolute Gasteiger partial charge is 0.408 e. The zero-order valence-corrected chi connectivity index (χ0v) is 18.2. The summed E-state index contributed by atoms with van der Waals surface area (Å²) >= 11 is 0. The van der Waals surface area contributed by atoms with Crippen molar-refractivity contribution in [3.05, 3.63) is 35.9 Å². The number of amides is 1. The first-order valence-corrected chi connectivity index (χ1v) is 9.60. The Morgan fingerprint density at radius 3 is 2.12 bits per heavy atom. The molecule has 2 unspecified atom stereocenters. The van der Waals surface area contributed by atoms with E-state index in [9.17, 15) is 29.1 Å². The summed E-state index contributed by atoms with van der Waals surface area (Å²) in [6, 6.07) is 8.20. The second kappa shape index (κ2) is 11.3. The van der Waals surface area contributed by atoms with E-state index in [-0.39, 0.29) is 0 Å². The molecular weight excluding hydrogens is 426 g/mol. The molecule has 0 saturated heterocycles. The topological polar surface area (TPSA) is 166 Å². The van der Waals surface area contributed by atoms with E-state index < -0.39 is 66.7 Å². The number of carbonyl (C=O) groups excluding carboxylic acids is 5. The quantitative estimate of drug-likeness (QED) is 0.250. The fraction of sp³-hybridized carbons (Fsp3) is 0.476. The minimum absolute atomic E-state index is 0.391. The predicted octanol–water partition coefficient (Wildman–Crippen LogP) is 0.0478. The van der Waals surface area contributed by atoms with Crippen LogP contribution in [0.5, 0.6) is 0 Å². The molecule has 0 bridgehead atoms. The van der Waals surface area contributed by atoms with Crippen molar-refractivity contribution in [2.24, 2.45) is 0 Å². The normalized spacial score (nSPS) is 13.8. The minimum atomic E-state index is -3.25.